The monoisotopic (exact) mass is 227 g/mol. The third-order valence-corrected chi connectivity index (χ3v) is 2.87. The van der Waals surface area contributed by atoms with Gasteiger partial charge in [0.05, 0.1) is 12.8 Å². The molecule has 0 heterocycles. The summed E-state index contributed by atoms with van der Waals surface area (Å²) in [6.45, 7) is 4.19. The molecule has 2 aromatic rings. The van der Waals surface area contributed by atoms with Crippen LogP contribution in [-0.2, 0) is 0 Å². The van der Waals surface area contributed by atoms with Crippen LogP contribution in [0.1, 0.15) is 11.1 Å². The van der Waals surface area contributed by atoms with Gasteiger partial charge in [0.2, 0.25) is 0 Å². The molecule has 0 radical (unpaired) electrons. The number of hydrogen-bond acceptors (Lipinski definition) is 2. The summed E-state index contributed by atoms with van der Waals surface area (Å²) < 4.78 is 5.39. The number of anilines is 2. The lowest BCUT2D eigenvalue weighted by atomic mass is 10.1. The van der Waals surface area contributed by atoms with Crippen molar-refractivity contribution in [1.82, 2.24) is 0 Å². The molecule has 88 valence electrons. The summed E-state index contributed by atoms with van der Waals surface area (Å²) in [5.74, 6) is 0.872. The molecule has 0 atom stereocenters. The number of para-hydroxylation sites is 1. The summed E-state index contributed by atoms with van der Waals surface area (Å²) in [5, 5.41) is 3.37. The summed E-state index contributed by atoms with van der Waals surface area (Å²) in [6, 6.07) is 14.3. The van der Waals surface area contributed by atoms with Crippen molar-refractivity contribution in [2.75, 3.05) is 12.4 Å². The quantitative estimate of drug-likeness (QED) is 0.853. The summed E-state index contributed by atoms with van der Waals surface area (Å²) in [7, 11) is 1.69. The highest BCUT2D eigenvalue weighted by Gasteiger charge is 2.05. The Labute approximate surface area is 102 Å². The van der Waals surface area contributed by atoms with Gasteiger partial charge in [-0.3, -0.25) is 0 Å². The van der Waals surface area contributed by atoms with E-state index in [4.69, 9.17) is 4.74 Å². The Morgan fingerprint density at radius 3 is 2.24 bits per heavy atom. The molecule has 0 amide bonds. The van der Waals surface area contributed by atoms with Gasteiger partial charge in [-0.15, -0.1) is 0 Å². The van der Waals surface area contributed by atoms with Crippen molar-refractivity contribution in [3.63, 3.8) is 0 Å². The Hall–Kier alpha value is -1.96. The summed E-state index contributed by atoms with van der Waals surface area (Å²) in [6.07, 6.45) is 0. The van der Waals surface area contributed by atoms with Gasteiger partial charge < -0.3 is 10.1 Å². The van der Waals surface area contributed by atoms with Crippen LogP contribution < -0.4 is 10.1 Å². The molecule has 0 bridgehead atoms. The molecule has 17 heavy (non-hydrogen) atoms. The number of rotatable bonds is 3. The largest absolute Gasteiger partial charge is 0.495 e. The van der Waals surface area contributed by atoms with Crippen LogP contribution in [-0.4, -0.2) is 7.11 Å². The smallest absolute Gasteiger partial charge is 0.142 e. The SMILES string of the molecule is COc1cc(C)c(C)cc1Nc1ccccc1. The van der Waals surface area contributed by atoms with E-state index in [1.54, 1.807) is 7.11 Å². The lowest BCUT2D eigenvalue weighted by Crippen LogP contribution is -1.96. The van der Waals surface area contributed by atoms with Gasteiger partial charge >= 0.3 is 0 Å². The minimum Gasteiger partial charge on any atom is -0.495 e. The van der Waals surface area contributed by atoms with E-state index in [1.807, 2.05) is 30.3 Å². The van der Waals surface area contributed by atoms with Crippen LogP contribution >= 0.6 is 0 Å². The average Bonchev–Trinajstić information content (AvgIpc) is 2.35. The lowest BCUT2D eigenvalue weighted by Gasteiger charge is -2.13. The molecule has 0 aromatic heterocycles. The molecule has 0 saturated carbocycles. The van der Waals surface area contributed by atoms with Crippen molar-refractivity contribution in [2.24, 2.45) is 0 Å². The second kappa shape index (κ2) is 4.91. The zero-order valence-corrected chi connectivity index (χ0v) is 10.4. The van der Waals surface area contributed by atoms with Crippen LogP contribution in [0.25, 0.3) is 0 Å². The molecule has 2 heteroatoms. The Morgan fingerprint density at radius 1 is 0.941 bits per heavy atom. The molecule has 0 aliphatic rings. The van der Waals surface area contributed by atoms with Crippen molar-refractivity contribution in [3.05, 3.63) is 53.6 Å². The first kappa shape index (κ1) is 11.5. The summed E-state index contributed by atoms with van der Waals surface area (Å²) in [4.78, 5) is 0. The van der Waals surface area contributed by atoms with Crippen LogP contribution in [0.2, 0.25) is 0 Å². The summed E-state index contributed by atoms with van der Waals surface area (Å²) in [5.41, 5.74) is 4.56. The highest BCUT2D eigenvalue weighted by Crippen LogP contribution is 2.30. The first-order valence-electron chi connectivity index (χ1n) is 5.68. The number of ether oxygens (including phenoxy) is 1. The fraction of sp³-hybridized carbons (Fsp3) is 0.200. The predicted molar refractivity (Wildman–Crippen MR) is 72.2 cm³/mol. The molecule has 2 rings (SSSR count). The number of aryl methyl sites for hydroxylation is 2. The van der Waals surface area contributed by atoms with Crippen molar-refractivity contribution < 1.29 is 4.74 Å². The Kier molecular flexibility index (Phi) is 3.33. The second-order valence-electron chi connectivity index (χ2n) is 4.13. The molecule has 0 fully saturated rings. The maximum atomic E-state index is 5.39. The fourth-order valence-corrected chi connectivity index (χ4v) is 1.73. The molecule has 0 aliphatic carbocycles. The first-order valence-corrected chi connectivity index (χ1v) is 5.68. The molecule has 2 nitrogen and oxygen atoms in total. The predicted octanol–water partition coefficient (Wildman–Crippen LogP) is 4.06. The zero-order valence-electron chi connectivity index (χ0n) is 10.4. The molecular formula is C15H17NO. The maximum absolute atomic E-state index is 5.39. The minimum absolute atomic E-state index is 0.872. The highest BCUT2D eigenvalue weighted by molar-refractivity contribution is 5.68. The van der Waals surface area contributed by atoms with Crippen LogP contribution in [0, 0.1) is 13.8 Å². The van der Waals surface area contributed by atoms with E-state index in [9.17, 15) is 0 Å². The number of nitrogens with one attached hydrogen (secondary N) is 1. The van der Waals surface area contributed by atoms with Crippen molar-refractivity contribution >= 4 is 11.4 Å². The van der Waals surface area contributed by atoms with Gasteiger partial charge in [0.1, 0.15) is 5.75 Å². The topological polar surface area (TPSA) is 21.3 Å². The van der Waals surface area contributed by atoms with Crippen molar-refractivity contribution in [3.8, 4) is 5.75 Å². The van der Waals surface area contributed by atoms with E-state index >= 15 is 0 Å². The molecule has 2 aromatic carbocycles. The molecular weight excluding hydrogens is 210 g/mol. The van der Waals surface area contributed by atoms with E-state index in [1.165, 1.54) is 11.1 Å². The number of methoxy groups -OCH3 is 1. The van der Waals surface area contributed by atoms with Crippen LogP contribution in [0.15, 0.2) is 42.5 Å². The lowest BCUT2D eigenvalue weighted by molar-refractivity contribution is 0.416. The molecule has 0 spiro atoms. The highest BCUT2D eigenvalue weighted by atomic mass is 16.5. The Balaban J connectivity index is 2.35. The van der Waals surface area contributed by atoms with Gasteiger partial charge in [0, 0.05) is 5.69 Å². The van der Waals surface area contributed by atoms with Gasteiger partial charge in [-0.1, -0.05) is 18.2 Å². The van der Waals surface area contributed by atoms with Gasteiger partial charge in [0.15, 0.2) is 0 Å². The third kappa shape index (κ3) is 2.59. The van der Waals surface area contributed by atoms with E-state index in [0.29, 0.717) is 0 Å². The third-order valence-electron chi connectivity index (χ3n) is 2.87. The number of hydrogen-bond donors (Lipinski definition) is 1. The van der Waals surface area contributed by atoms with Gasteiger partial charge in [-0.05, 0) is 49.2 Å². The van der Waals surface area contributed by atoms with Gasteiger partial charge in [-0.25, -0.2) is 0 Å². The normalized spacial score (nSPS) is 10.1. The Morgan fingerprint density at radius 2 is 1.59 bits per heavy atom. The molecule has 0 saturated heterocycles. The first-order chi connectivity index (χ1) is 8.20. The molecule has 0 unspecified atom stereocenters. The van der Waals surface area contributed by atoms with Gasteiger partial charge in [-0.2, -0.15) is 0 Å². The molecule has 0 aliphatic heterocycles. The average molecular weight is 227 g/mol. The molecule has 1 N–H and O–H groups in total. The van der Waals surface area contributed by atoms with Crippen LogP contribution in [0.3, 0.4) is 0 Å². The maximum Gasteiger partial charge on any atom is 0.142 e. The fourth-order valence-electron chi connectivity index (χ4n) is 1.73. The summed E-state index contributed by atoms with van der Waals surface area (Å²) >= 11 is 0. The van der Waals surface area contributed by atoms with Crippen LogP contribution in [0.4, 0.5) is 11.4 Å². The second-order valence-corrected chi connectivity index (χ2v) is 4.13. The van der Waals surface area contributed by atoms with Crippen molar-refractivity contribution in [1.29, 1.82) is 0 Å². The van der Waals surface area contributed by atoms with E-state index < -0.39 is 0 Å². The van der Waals surface area contributed by atoms with Gasteiger partial charge in [0.25, 0.3) is 0 Å². The van der Waals surface area contributed by atoms with E-state index in [0.717, 1.165) is 17.1 Å². The standard InChI is InChI=1S/C15H17NO/c1-11-9-14(15(17-3)10-12(11)2)16-13-7-5-4-6-8-13/h4-10,16H,1-3H3. The zero-order chi connectivity index (χ0) is 12.3. The minimum atomic E-state index is 0.872. The van der Waals surface area contributed by atoms with Crippen LogP contribution in [0.5, 0.6) is 5.75 Å². The Bertz CT molecular complexity index is 506. The van der Waals surface area contributed by atoms with Crippen molar-refractivity contribution in [2.45, 2.75) is 13.8 Å². The van der Waals surface area contributed by atoms with E-state index in [-0.39, 0.29) is 0 Å². The number of benzene rings is 2. The van der Waals surface area contributed by atoms with E-state index in [2.05, 4.69) is 31.3 Å².